The second kappa shape index (κ2) is 11.1. The van der Waals surface area contributed by atoms with Crippen molar-refractivity contribution in [2.24, 2.45) is 5.16 Å². The van der Waals surface area contributed by atoms with E-state index >= 15 is 0 Å². The minimum atomic E-state index is 0.429. The lowest BCUT2D eigenvalue weighted by molar-refractivity contribution is 0.123. The van der Waals surface area contributed by atoms with Gasteiger partial charge in [0.1, 0.15) is 12.3 Å². The molecule has 31 heavy (non-hydrogen) atoms. The van der Waals surface area contributed by atoms with Gasteiger partial charge in [-0.3, -0.25) is 9.80 Å². The SMILES string of the molecule is Clc1ccc(CON=C(CN2CCN(Cc3ccccc3)CC2)c2ccccc2)cc1. The molecule has 1 aliphatic rings. The topological polar surface area (TPSA) is 28.1 Å². The molecular formula is C26H28ClN3O. The molecule has 1 heterocycles. The van der Waals surface area contributed by atoms with E-state index in [2.05, 4.69) is 57.4 Å². The standard InChI is InChI=1S/C26H28ClN3O/c27-25-13-11-23(12-14-25)21-31-28-26(24-9-5-2-6-10-24)20-30-17-15-29(16-18-30)19-22-7-3-1-4-8-22/h1-14H,15-21H2. The van der Waals surface area contributed by atoms with Crippen molar-refractivity contribution >= 4 is 17.3 Å². The van der Waals surface area contributed by atoms with E-state index in [-0.39, 0.29) is 0 Å². The van der Waals surface area contributed by atoms with Crippen LogP contribution in [0.2, 0.25) is 5.02 Å². The van der Waals surface area contributed by atoms with E-state index in [1.807, 2.05) is 42.5 Å². The summed E-state index contributed by atoms with van der Waals surface area (Å²) in [6.07, 6.45) is 0. The molecule has 0 radical (unpaired) electrons. The molecule has 0 amide bonds. The molecular weight excluding hydrogens is 406 g/mol. The normalized spacial score (nSPS) is 15.7. The van der Waals surface area contributed by atoms with Gasteiger partial charge in [-0.25, -0.2) is 0 Å². The lowest BCUT2D eigenvalue weighted by Gasteiger charge is -2.34. The van der Waals surface area contributed by atoms with Crippen LogP contribution in [0.3, 0.4) is 0 Å². The first-order chi connectivity index (χ1) is 15.3. The molecule has 5 heteroatoms. The second-order valence-electron chi connectivity index (χ2n) is 7.84. The molecule has 1 saturated heterocycles. The smallest absolute Gasteiger partial charge is 0.142 e. The van der Waals surface area contributed by atoms with Crippen LogP contribution in [0.25, 0.3) is 0 Å². The van der Waals surface area contributed by atoms with Gasteiger partial charge in [-0.05, 0) is 23.3 Å². The van der Waals surface area contributed by atoms with Gasteiger partial charge < -0.3 is 4.84 Å². The summed E-state index contributed by atoms with van der Waals surface area (Å²) in [5.74, 6) is 0. The van der Waals surface area contributed by atoms with E-state index in [0.29, 0.717) is 6.61 Å². The highest BCUT2D eigenvalue weighted by Gasteiger charge is 2.19. The average molecular weight is 434 g/mol. The van der Waals surface area contributed by atoms with Crippen molar-refractivity contribution < 1.29 is 4.84 Å². The largest absolute Gasteiger partial charge is 0.391 e. The predicted octanol–water partition coefficient (Wildman–Crippen LogP) is 5.08. The lowest BCUT2D eigenvalue weighted by Crippen LogP contribution is -2.47. The highest BCUT2D eigenvalue weighted by Crippen LogP contribution is 2.13. The molecule has 4 nitrogen and oxygen atoms in total. The molecule has 3 aromatic carbocycles. The van der Waals surface area contributed by atoms with E-state index in [9.17, 15) is 0 Å². The molecule has 0 saturated carbocycles. The number of rotatable bonds is 8. The third kappa shape index (κ3) is 6.66. The maximum absolute atomic E-state index is 5.96. The number of piperazine rings is 1. The molecule has 4 rings (SSSR count). The summed E-state index contributed by atoms with van der Waals surface area (Å²) < 4.78 is 0. The van der Waals surface area contributed by atoms with Gasteiger partial charge in [-0.15, -0.1) is 0 Å². The van der Waals surface area contributed by atoms with Crippen LogP contribution in [0, 0.1) is 0 Å². The summed E-state index contributed by atoms with van der Waals surface area (Å²) in [7, 11) is 0. The first-order valence-electron chi connectivity index (χ1n) is 10.7. The van der Waals surface area contributed by atoms with Crippen LogP contribution < -0.4 is 0 Å². The maximum atomic E-state index is 5.96. The van der Waals surface area contributed by atoms with Crippen molar-refractivity contribution in [2.45, 2.75) is 13.2 Å². The van der Waals surface area contributed by atoms with Crippen LogP contribution in [0.15, 0.2) is 90.1 Å². The molecule has 1 aliphatic heterocycles. The second-order valence-corrected chi connectivity index (χ2v) is 8.28. The van der Waals surface area contributed by atoms with E-state index in [1.54, 1.807) is 0 Å². The van der Waals surface area contributed by atoms with Crippen LogP contribution >= 0.6 is 11.6 Å². The monoisotopic (exact) mass is 433 g/mol. The first kappa shape index (κ1) is 21.6. The molecule has 0 aromatic heterocycles. The van der Waals surface area contributed by atoms with Crippen LogP contribution in [0.1, 0.15) is 16.7 Å². The van der Waals surface area contributed by atoms with Gasteiger partial charge in [0.05, 0.1) is 0 Å². The predicted molar refractivity (Wildman–Crippen MR) is 127 cm³/mol. The number of hydrogen-bond acceptors (Lipinski definition) is 4. The van der Waals surface area contributed by atoms with Gasteiger partial charge in [0, 0.05) is 49.9 Å². The summed E-state index contributed by atoms with van der Waals surface area (Å²) in [4.78, 5) is 10.7. The minimum absolute atomic E-state index is 0.429. The fourth-order valence-electron chi connectivity index (χ4n) is 3.73. The number of benzene rings is 3. The van der Waals surface area contributed by atoms with Gasteiger partial charge in [0.25, 0.3) is 0 Å². The molecule has 1 fully saturated rings. The highest BCUT2D eigenvalue weighted by molar-refractivity contribution is 6.30. The third-order valence-corrected chi connectivity index (χ3v) is 5.77. The maximum Gasteiger partial charge on any atom is 0.142 e. The Kier molecular flexibility index (Phi) is 7.72. The Bertz CT molecular complexity index is 953. The Morgan fingerprint density at radius 1 is 0.742 bits per heavy atom. The first-order valence-corrected chi connectivity index (χ1v) is 11.1. The Morgan fingerprint density at radius 2 is 1.35 bits per heavy atom. The zero-order chi connectivity index (χ0) is 21.3. The van der Waals surface area contributed by atoms with Crippen molar-refractivity contribution in [2.75, 3.05) is 32.7 Å². The molecule has 0 atom stereocenters. The highest BCUT2D eigenvalue weighted by atomic mass is 35.5. The Morgan fingerprint density at radius 3 is 2.03 bits per heavy atom. The zero-order valence-corrected chi connectivity index (χ0v) is 18.4. The van der Waals surface area contributed by atoms with Crippen LogP contribution in [-0.2, 0) is 18.0 Å². The quantitative estimate of drug-likeness (QED) is 0.366. The number of nitrogens with zero attached hydrogens (tertiary/aromatic N) is 3. The van der Waals surface area contributed by atoms with Crippen molar-refractivity contribution in [1.29, 1.82) is 0 Å². The number of halogens is 1. The zero-order valence-electron chi connectivity index (χ0n) is 17.7. The van der Waals surface area contributed by atoms with E-state index in [0.717, 1.165) is 61.1 Å². The molecule has 0 aliphatic carbocycles. The van der Waals surface area contributed by atoms with Crippen LogP contribution in [0.5, 0.6) is 0 Å². The van der Waals surface area contributed by atoms with Gasteiger partial charge in [-0.2, -0.15) is 0 Å². The molecule has 160 valence electrons. The lowest BCUT2D eigenvalue weighted by atomic mass is 10.1. The van der Waals surface area contributed by atoms with Gasteiger partial charge in [0.15, 0.2) is 0 Å². The molecule has 3 aromatic rings. The summed E-state index contributed by atoms with van der Waals surface area (Å²) in [5, 5.41) is 5.25. The van der Waals surface area contributed by atoms with Crippen molar-refractivity contribution in [3.05, 3.63) is 107 Å². The number of hydrogen-bond donors (Lipinski definition) is 0. The van der Waals surface area contributed by atoms with Crippen LogP contribution in [-0.4, -0.2) is 48.2 Å². The third-order valence-electron chi connectivity index (χ3n) is 5.51. The van der Waals surface area contributed by atoms with Crippen molar-refractivity contribution in [1.82, 2.24) is 9.80 Å². The van der Waals surface area contributed by atoms with Gasteiger partial charge >= 0.3 is 0 Å². The summed E-state index contributed by atoms with van der Waals surface area (Å²) >= 11 is 5.96. The minimum Gasteiger partial charge on any atom is -0.391 e. The summed E-state index contributed by atoms with van der Waals surface area (Å²) in [5.41, 5.74) is 4.49. The Labute approximate surface area is 189 Å². The van der Waals surface area contributed by atoms with Crippen LogP contribution in [0.4, 0.5) is 0 Å². The fourth-order valence-corrected chi connectivity index (χ4v) is 3.85. The fraction of sp³-hybridized carbons (Fsp3) is 0.269. The van der Waals surface area contributed by atoms with Gasteiger partial charge in [0.2, 0.25) is 0 Å². The van der Waals surface area contributed by atoms with Crippen molar-refractivity contribution in [3.63, 3.8) is 0 Å². The molecule has 0 unspecified atom stereocenters. The Balaban J connectivity index is 1.34. The van der Waals surface area contributed by atoms with E-state index in [1.165, 1.54) is 5.56 Å². The van der Waals surface area contributed by atoms with Gasteiger partial charge in [-0.1, -0.05) is 89.6 Å². The molecule has 0 bridgehead atoms. The molecule has 0 spiro atoms. The number of oxime groups is 1. The summed E-state index contributed by atoms with van der Waals surface area (Å²) in [6, 6.07) is 28.7. The summed E-state index contributed by atoms with van der Waals surface area (Å²) in [6.45, 7) is 6.39. The van der Waals surface area contributed by atoms with E-state index < -0.39 is 0 Å². The van der Waals surface area contributed by atoms with E-state index in [4.69, 9.17) is 16.4 Å². The molecule has 0 N–H and O–H groups in total. The van der Waals surface area contributed by atoms with Crippen molar-refractivity contribution in [3.8, 4) is 0 Å². The average Bonchev–Trinajstić information content (AvgIpc) is 2.82. The Hall–Kier alpha value is -2.66.